The Hall–Kier alpha value is -5.66. The highest BCUT2D eigenvalue weighted by molar-refractivity contribution is 5.88. The SMILES string of the molecule is COC(=O)NC(C(=O)N1CCCC1(C)c1ncc(-c2ccc(-c3ccc(-c4cnc(C5(C)CCCN5C(=O)C(NC(=O)OC)C(C)C)[nH]4)c4c3CCCC4)cc2)[nH]1)C(C)C. The molecule has 14 heteroatoms. The predicted molar refractivity (Wildman–Crippen MR) is 229 cm³/mol. The number of hydrogen-bond donors (Lipinski definition) is 4. The molecule has 4 heterocycles. The largest absolute Gasteiger partial charge is 0.453 e. The molecule has 7 rings (SSSR count). The van der Waals surface area contributed by atoms with Crippen LogP contribution in [0.15, 0.2) is 48.8 Å². The van der Waals surface area contributed by atoms with Crippen molar-refractivity contribution in [2.45, 2.75) is 116 Å². The highest BCUT2D eigenvalue weighted by atomic mass is 16.5. The minimum absolute atomic E-state index is 0.119. The van der Waals surface area contributed by atoms with Gasteiger partial charge in [0.25, 0.3) is 0 Å². The number of hydrogen-bond acceptors (Lipinski definition) is 8. The van der Waals surface area contributed by atoms with E-state index < -0.39 is 35.3 Å². The number of amides is 4. The summed E-state index contributed by atoms with van der Waals surface area (Å²) in [6.45, 7) is 12.9. The highest BCUT2D eigenvalue weighted by Crippen LogP contribution is 2.42. The zero-order valence-electron chi connectivity index (χ0n) is 36.2. The highest BCUT2D eigenvalue weighted by Gasteiger charge is 2.47. The molecule has 60 heavy (non-hydrogen) atoms. The van der Waals surface area contributed by atoms with Crippen LogP contribution in [0.5, 0.6) is 0 Å². The number of ether oxygens (including phenoxy) is 2. The zero-order chi connectivity index (χ0) is 42.9. The molecule has 0 bridgehead atoms. The van der Waals surface area contributed by atoms with E-state index in [1.165, 1.54) is 30.9 Å². The maximum Gasteiger partial charge on any atom is 0.407 e. The topological polar surface area (TPSA) is 175 Å². The Morgan fingerprint density at radius 1 is 0.633 bits per heavy atom. The molecule has 3 aliphatic rings. The van der Waals surface area contributed by atoms with E-state index in [1.807, 2.05) is 56.8 Å². The molecule has 320 valence electrons. The van der Waals surface area contributed by atoms with Gasteiger partial charge in [-0.15, -0.1) is 0 Å². The number of nitrogens with zero attached hydrogens (tertiary/aromatic N) is 4. The number of carbonyl (C=O) groups is 4. The van der Waals surface area contributed by atoms with Gasteiger partial charge in [0.15, 0.2) is 0 Å². The molecule has 0 saturated carbocycles. The standard InChI is InChI=1S/C46H60N8O6/c1-27(2)37(51-43(57)59-7)39(55)53-23-11-21-45(53,5)41-47-25-35(49-41)30-17-15-29(16-18-30)31-19-20-34(33-14-10-9-13-32(31)33)36-26-48-42(50-36)46(6)22-12-24-54(46)40(56)38(28(3)4)52-44(58)60-8/h15-20,25-28,37-38H,9-14,21-24H2,1-8H3,(H,47,49)(H,48,50)(H,51,57)(H,52,58). The first-order valence-electron chi connectivity index (χ1n) is 21.4. The summed E-state index contributed by atoms with van der Waals surface area (Å²) in [5.41, 5.74) is 7.66. The summed E-state index contributed by atoms with van der Waals surface area (Å²) in [4.78, 5) is 72.6. The van der Waals surface area contributed by atoms with Gasteiger partial charge in [0.05, 0.1) is 49.1 Å². The van der Waals surface area contributed by atoms with Gasteiger partial charge in [0.1, 0.15) is 23.7 Å². The Bertz CT molecular complexity index is 2230. The first-order valence-corrected chi connectivity index (χ1v) is 21.4. The van der Waals surface area contributed by atoms with Crippen molar-refractivity contribution < 1.29 is 28.7 Å². The Labute approximate surface area is 352 Å². The normalized spacial score (nSPS) is 21.2. The number of alkyl carbamates (subject to hydrolysis) is 2. The number of methoxy groups -OCH3 is 2. The van der Waals surface area contributed by atoms with Crippen LogP contribution >= 0.6 is 0 Å². The summed E-state index contributed by atoms with van der Waals surface area (Å²) in [5.74, 6) is 0.939. The van der Waals surface area contributed by atoms with Crippen molar-refractivity contribution in [3.63, 3.8) is 0 Å². The summed E-state index contributed by atoms with van der Waals surface area (Å²) in [7, 11) is 2.60. The number of imidazole rings is 2. The molecule has 14 nitrogen and oxygen atoms in total. The fourth-order valence-corrected chi connectivity index (χ4v) is 9.55. The predicted octanol–water partition coefficient (Wildman–Crippen LogP) is 7.45. The quantitative estimate of drug-likeness (QED) is 0.121. The van der Waals surface area contributed by atoms with E-state index in [1.54, 1.807) is 0 Å². The second kappa shape index (κ2) is 17.1. The van der Waals surface area contributed by atoms with Crippen molar-refractivity contribution in [3.05, 3.63) is 71.6 Å². The van der Waals surface area contributed by atoms with E-state index >= 15 is 0 Å². The van der Waals surface area contributed by atoms with Crippen molar-refractivity contribution in [1.29, 1.82) is 0 Å². The van der Waals surface area contributed by atoms with Gasteiger partial charge in [-0.05, 0) is 105 Å². The monoisotopic (exact) mass is 820 g/mol. The van der Waals surface area contributed by atoms with Crippen molar-refractivity contribution in [2.24, 2.45) is 11.8 Å². The van der Waals surface area contributed by atoms with Gasteiger partial charge in [-0.2, -0.15) is 0 Å². The fraction of sp³-hybridized carbons (Fsp3) is 0.522. The summed E-state index contributed by atoms with van der Waals surface area (Å²) in [5, 5.41) is 5.47. The average molecular weight is 821 g/mol. The first kappa shape index (κ1) is 42.5. The molecule has 4 N–H and O–H groups in total. The van der Waals surface area contributed by atoms with Crippen LogP contribution in [0.3, 0.4) is 0 Å². The Morgan fingerprint density at radius 3 is 1.55 bits per heavy atom. The molecule has 2 fully saturated rings. The summed E-state index contributed by atoms with van der Waals surface area (Å²) in [6.07, 6.45) is 9.83. The van der Waals surface area contributed by atoms with Gasteiger partial charge >= 0.3 is 12.2 Å². The number of fused-ring (bicyclic) bond motifs is 1. The van der Waals surface area contributed by atoms with E-state index in [-0.39, 0.29) is 23.7 Å². The zero-order valence-corrected chi connectivity index (χ0v) is 36.2. The van der Waals surface area contributed by atoms with E-state index in [0.717, 1.165) is 91.1 Å². The molecule has 4 unspecified atom stereocenters. The van der Waals surface area contributed by atoms with Gasteiger partial charge in [-0.3, -0.25) is 9.59 Å². The molecular weight excluding hydrogens is 761 g/mol. The molecule has 1 aliphatic carbocycles. The fourth-order valence-electron chi connectivity index (χ4n) is 9.55. The van der Waals surface area contributed by atoms with Gasteiger partial charge in [0, 0.05) is 18.7 Å². The number of carbonyl (C=O) groups excluding carboxylic acids is 4. The number of likely N-dealkylation sites (tertiary alicyclic amines) is 2. The van der Waals surface area contributed by atoms with Crippen molar-refractivity contribution in [3.8, 4) is 33.6 Å². The maximum atomic E-state index is 13.9. The molecule has 4 amide bonds. The number of benzene rings is 2. The third-order valence-electron chi connectivity index (χ3n) is 13.1. The van der Waals surface area contributed by atoms with E-state index in [9.17, 15) is 19.2 Å². The average Bonchev–Trinajstić information content (AvgIpc) is 4.08. The van der Waals surface area contributed by atoms with E-state index in [2.05, 4.69) is 63.9 Å². The molecule has 2 aromatic carbocycles. The van der Waals surface area contributed by atoms with Crippen molar-refractivity contribution in [1.82, 2.24) is 40.4 Å². The van der Waals surface area contributed by atoms with E-state index in [4.69, 9.17) is 19.4 Å². The Kier molecular flexibility index (Phi) is 12.1. The lowest BCUT2D eigenvalue weighted by molar-refractivity contribution is -0.139. The third-order valence-corrected chi connectivity index (χ3v) is 13.1. The molecule has 4 atom stereocenters. The smallest absolute Gasteiger partial charge is 0.407 e. The van der Waals surface area contributed by atoms with Crippen LogP contribution in [0.4, 0.5) is 9.59 Å². The molecule has 2 saturated heterocycles. The lowest BCUT2D eigenvalue weighted by Crippen LogP contribution is -2.55. The van der Waals surface area contributed by atoms with Crippen LogP contribution in [0, 0.1) is 11.8 Å². The van der Waals surface area contributed by atoms with Crippen molar-refractivity contribution >= 4 is 24.0 Å². The van der Waals surface area contributed by atoms with Gasteiger partial charge in [-0.1, -0.05) is 64.1 Å². The maximum absolute atomic E-state index is 13.9. The number of aromatic nitrogens is 4. The molecule has 2 aliphatic heterocycles. The summed E-state index contributed by atoms with van der Waals surface area (Å²) in [6, 6.07) is 11.6. The number of H-pyrrole nitrogens is 2. The van der Waals surface area contributed by atoms with Gasteiger partial charge in [-0.25, -0.2) is 19.6 Å². The minimum atomic E-state index is -0.709. The Balaban J connectivity index is 1.11. The van der Waals surface area contributed by atoms with Crippen molar-refractivity contribution in [2.75, 3.05) is 27.3 Å². The van der Waals surface area contributed by atoms with Gasteiger partial charge < -0.3 is 39.9 Å². The number of nitrogens with one attached hydrogen (secondary N) is 4. The number of rotatable bonds is 11. The molecule has 2 aromatic heterocycles. The second-order valence-electron chi connectivity index (χ2n) is 17.6. The number of aromatic amines is 2. The van der Waals surface area contributed by atoms with Crippen LogP contribution in [0.1, 0.15) is 103 Å². The first-order chi connectivity index (χ1) is 28.7. The van der Waals surface area contributed by atoms with Crippen LogP contribution in [0.2, 0.25) is 0 Å². The molecule has 4 aromatic rings. The summed E-state index contributed by atoms with van der Waals surface area (Å²) >= 11 is 0. The lowest BCUT2D eigenvalue weighted by atomic mass is 9.82. The van der Waals surface area contributed by atoms with Gasteiger partial charge in [0.2, 0.25) is 11.8 Å². The van der Waals surface area contributed by atoms with Crippen LogP contribution in [-0.2, 0) is 43.0 Å². The van der Waals surface area contributed by atoms with Crippen LogP contribution in [0.25, 0.3) is 33.6 Å². The van der Waals surface area contributed by atoms with Crippen LogP contribution < -0.4 is 10.6 Å². The Morgan fingerprint density at radius 2 is 1.07 bits per heavy atom. The van der Waals surface area contributed by atoms with Crippen LogP contribution in [-0.4, -0.2) is 93.1 Å². The molecule has 0 radical (unpaired) electrons. The molecule has 0 spiro atoms. The minimum Gasteiger partial charge on any atom is -0.453 e. The third kappa shape index (κ3) is 7.88. The lowest BCUT2D eigenvalue weighted by Gasteiger charge is -2.37. The van der Waals surface area contributed by atoms with E-state index in [0.29, 0.717) is 13.1 Å². The second-order valence-corrected chi connectivity index (χ2v) is 17.6. The molecular formula is C46H60N8O6. The summed E-state index contributed by atoms with van der Waals surface area (Å²) < 4.78 is 9.63.